The van der Waals surface area contributed by atoms with Gasteiger partial charge in [-0.25, -0.2) is 17.6 Å². The highest BCUT2D eigenvalue weighted by atomic mass is 19.1. The molecule has 0 aliphatic rings. The van der Waals surface area contributed by atoms with Gasteiger partial charge in [0.1, 0.15) is 23.3 Å². The summed E-state index contributed by atoms with van der Waals surface area (Å²) in [5, 5.41) is 2.75. The molecule has 0 amide bonds. The van der Waals surface area contributed by atoms with E-state index in [4.69, 9.17) is 0 Å². The summed E-state index contributed by atoms with van der Waals surface area (Å²) < 4.78 is 54.9. The molecule has 0 saturated heterocycles. The quantitative estimate of drug-likeness (QED) is 0.839. The van der Waals surface area contributed by atoms with Crippen LogP contribution in [0.1, 0.15) is 22.7 Å². The fourth-order valence-electron chi connectivity index (χ4n) is 2.27. The maximum absolute atomic E-state index is 14.1. The maximum Gasteiger partial charge on any atom is 0.133 e. The van der Waals surface area contributed by atoms with Gasteiger partial charge in [-0.05, 0) is 55.8 Å². The highest BCUT2D eigenvalue weighted by molar-refractivity contribution is 5.31. The monoisotopic (exact) mass is 297 g/mol. The molecular formula is C16H15F4N. The van der Waals surface area contributed by atoms with Crippen LogP contribution in [0.15, 0.2) is 30.3 Å². The molecule has 0 bridgehead atoms. The van der Waals surface area contributed by atoms with Crippen molar-refractivity contribution in [2.45, 2.75) is 19.4 Å². The third kappa shape index (κ3) is 3.24. The van der Waals surface area contributed by atoms with Crippen molar-refractivity contribution in [3.05, 3.63) is 70.3 Å². The van der Waals surface area contributed by atoms with Gasteiger partial charge in [-0.15, -0.1) is 0 Å². The summed E-state index contributed by atoms with van der Waals surface area (Å²) in [6, 6.07) is 4.75. The molecule has 2 rings (SSSR count). The lowest BCUT2D eigenvalue weighted by molar-refractivity contribution is 0.477. The van der Waals surface area contributed by atoms with Crippen molar-refractivity contribution in [3.8, 4) is 0 Å². The van der Waals surface area contributed by atoms with Crippen LogP contribution in [0.2, 0.25) is 0 Å². The molecule has 5 heteroatoms. The van der Waals surface area contributed by atoms with E-state index in [2.05, 4.69) is 5.32 Å². The molecule has 2 aromatic carbocycles. The zero-order valence-electron chi connectivity index (χ0n) is 11.7. The molecule has 0 fully saturated rings. The van der Waals surface area contributed by atoms with Crippen LogP contribution >= 0.6 is 0 Å². The second kappa shape index (κ2) is 6.26. The molecule has 112 valence electrons. The van der Waals surface area contributed by atoms with E-state index in [0.717, 1.165) is 18.2 Å². The first-order chi connectivity index (χ1) is 9.93. The summed E-state index contributed by atoms with van der Waals surface area (Å²) in [6.07, 6.45) is -0.0581. The molecule has 21 heavy (non-hydrogen) atoms. The SMILES string of the molecule is CNC(Cc1cc(F)ccc1F)c1c(F)ccc(C)c1F. The third-order valence-corrected chi connectivity index (χ3v) is 3.45. The van der Waals surface area contributed by atoms with Gasteiger partial charge in [-0.1, -0.05) is 6.07 Å². The van der Waals surface area contributed by atoms with Crippen molar-refractivity contribution >= 4 is 0 Å². The van der Waals surface area contributed by atoms with Gasteiger partial charge in [0.15, 0.2) is 0 Å². The largest absolute Gasteiger partial charge is 0.313 e. The molecule has 1 unspecified atom stereocenters. The van der Waals surface area contributed by atoms with E-state index in [1.165, 1.54) is 26.1 Å². The van der Waals surface area contributed by atoms with E-state index in [1.54, 1.807) is 0 Å². The Kier molecular flexibility index (Phi) is 4.63. The average molecular weight is 297 g/mol. The number of hydrogen-bond donors (Lipinski definition) is 1. The molecule has 0 aliphatic carbocycles. The average Bonchev–Trinajstić information content (AvgIpc) is 2.45. The minimum absolute atomic E-state index is 0.0581. The second-order valence-corrected chi connectivity index (χ2v) is 4.87. The van der Waals surface area contributed by atoms with E-state index >= 15 is 0 Å². The summed E-state index contributed by atoms with van der Waals surface area (Å²) in [5.74, 6) is -2.59. The number of likely N-dealkylation sites (N-methyl/N-ethyl adjacent to an activating group) is 1. The molecule has 0 radical (unpaired) electrons. The zero-order chi connectivity index (χ0) is 15.6. The third-order valence-electron chi connectivity index (χ3n) is 3.45. The lowest BCUT2D eigenvalue weighted by Crippen LogP contribution is -2.22. The van der Waals surface area contributed by atoms with Crippen molar-refractivity contribution < 1.29 is 17.6 Å². The maximum atomic E-state index is 14.1. The Hall–Kier alpha value is -1.88. The minimum atomic E-state index is -0.791. The van der Waals surface area contributed by atoms with Crippen molar-refractivity contribution in [1.82, 2.24) is 5.32 Å². The first-order valence-corrected chi connectivity index (χ1v) is 6.49. The Labute approximate surface area is 120 Å². The lowest BCUT2D eigenvalue weighted by atomic mass is 9.96. The molecule has 0 aromatic heterocycles. The molecule has 0 aliphatic heterocycles. The van der Waals surface area contributed by atoms with Crippen LogP contribution in [0, 0.1) is 30.2 Å². The van der Waals surface area contributed by atoms with Gasteiger partial charge in [-0.3, -0.25) is 0 Å². The van der Waals surface area contributed by atoms with Gasteiger partial charge in [-0.2, -0.15) is 0 Å². The van der Waals surface area contributed by atoms with Crippen LogP contribution in [0.3, 0.4) is 0 Å². The Balaban J connectivity index is 2.41. The van der Waals surface area contributed by atoms with E-state index in [-0.39, 0.29) is 17.5 Å². The highest BCUT2D eigenvalue weighted by Crippen LogP contribution is 2.27. The Morgan fingerprint density at radius 1 is 1.00 bits per heavy atom. The fourth-order valence-corrected chi connectivity index (χ4v) is 2.27. The first-order valence-electron chi connectivity index (χ1n) is 6.49. The van der Waals surface area contributed by atoms with Gasteiger partial charge < -0.3 is 5.32 Å². The number of halogens is 4. The van der Waals surface area contributed by atoms with E-state index in [9.17, 15) is 17.6 Å². The Bertz CT molecular complexity index is 655. The van der Waals surface area contributed by atoms with Crippen molar-refractivity contribution in [2.75, 3.05) is 7.05 Å². The van der Waals surface area contributed by atoms with Gasteiger partial charge in [0.25, 0.3) is 0 Å². The molecule has 2 aromatic rings. The van der Waals surface area contributed by atoms with Gasteiger partial charge >= 0.3 is 0 Å². The van der Waals surface area contributed by atoms with Crippen LogP contribution in [0.25, 0.3) is 0 Å². The number of aryl methyl sites for hydroxylation is 1. The Morgan fingerprint density at radius 3 is 2.33 bits per heavy atom. The van der Waals surface area contributed by atoms with Gasteiger partial charge in [0, 0.05) is 11.6 Å². The predicted molar refractivity (Wildman–Crippen MR) is 73.0 cm³/mol. The van der Waals surface area contributed by atoms with Crippen molar-refractivity contribution in [2.24, 2.45) is 0 Å². The van der Waals surface area contributed by atoms with Gasteiger partial charge in [0.2, 0.25) is 0 Å². The number of benzene rings is 2. The molecule has 0 saturated carbocycles. The minimum Gasteiger partial charge on any atom is -0.313 e. The summed E-state index contributed by atoms with van der Waals surface area (Å²) in [7, 11) is 1.52. The number of hydrogen-bond acceptors (Lipinski definition) is 1. The Morgan fingerprint density at radius 2 is 1.67 bits per heavy atom. The smallest absolute Gasteiger partial charge is 0.133 e. The molecule has 1 nitrogen and oxygen atoms in total. The second-order valence-electron chi connectivity index (χ2n) is 4.87. The molecule has 1 N–H and O–H groups in total. The standard InChI is InChI=1S/C16H15F4N/c1-9-3-5-13(19)15(16(9)20)14(21-2)8-10-7-11(17)4-6-12(10)18/h3-7,14,21H,8H2,1-2H3. The molecular weight excluding hydrogens is 282 g/mol. The molecule has 0 heterocycles. The number of rotatable bonds is 4. The summed E-state index contributed by atoms with van der Waals surface area (Å²) in [6.45, 7) is 1.52. The van der Waals surface area contributed by atoms with Crippen molar-refractivity contribution in [3.63, 3.8) is 0 Å². The van der Waals surface area contributed by atoms with Crippen LogP contribution < -0.4 is 5.32 Å². The first kappa shape index (κ1) is 15.5. The van der Waals surface area contributed by atoms with Gasteiger partial charge in [0.05, 0.1) is 0 Å². The molecule has 1 atom stereocenters. The fraction of sp³-hybridized carbons (Fsp3) is 0.250. The van der Waals surface area contributed by atoms with E-state index < -0.39 is 29.3 Å². The van der Waals surface area contributed by atoms with E-state index in [1.807, 2.05) is 0 Å². The topological polar surface area (TPSA) is 12.0 Å². The highest BCUT2D eigenvalue weighted by Gasteiger charge is 2.22. The zero-order valence-corrected chi connectivity index (χ0v) is 11.7. The lowest BCUT2D eigenvalue weighted by Gasteiger charge is -2.19. The van der Waals surface area contributed by atoms with Crippen LogP contribution in [0.5, 0.6) is 0 Å². The van der Waals surface area contributed by atoms with Crippen LogP contribution in [0.4, 0.5) is 17.6 Å². The van der Waals surface area contributed by atoms with Crippen LogP contribution in [-0.2, 0) is 6.42 Å². The summed E-state index contributed by atoms with van der Waals surface area (Å²) >= 11 is 0. The number of nitrogens with one attached hydrogen (secondary N) is 1. The summed E-state index contributed by atoms with van der Waals surface area (Å²) in [4.78, 5) is 0. The summed E-state index contributed by atoms with van der Waals surface area (Å²) in [5.41, 5.74) is 0.196. The normalized spacial score (nSPS) is 12.5. The van der Waals surface area contributed by atoms with Crippen LogP contribution in [-0.4, -0.2) is 7.05 Å². The van der Waals surface area contributed by atoms with E-state index in [0.29, 0.717) is 5.56 Å². The predicted octanol–water partition coefficient (Wildman–Crippen LogP) is 4.05. The van der Waals surface area contributed by atoms with Crippen molar-refractivity contribution in [1.29, 1.82) is 0 Å². The molecule has 0 spiro atoms.